The molecule has 1 unspecified atom stereocenters. The lowest BCUT2D eigenvalue weighted by molar-refractivity contribution is -0.140. The lowest BCUT2D eigenvalue weighted by Crippen LogP contribution is -2.38. The number of urea groups is 1. The number of rotatable bonds is 4. The van der Waals surface area contributed by atoms with E-state index < -0.39 is 17.6 Å². The molecule has 1 aliphatic heterocycles. The molecule has 4 nitrogen and oxygen atoms in total. The molecule has 1 atom stereocenters. The molecule has 1 saturated heterocycles. The van der Waals surface area contributed by atoms with Crippen molar-refractivity contribution in [3.05, 3.63) is 35.1 Å². The Labute approximate surface area is 138 Å². The van der Waals surface area contributed by atoms with Crippen molar-refractivity contribution in [1.29, 1.82) is 0 Å². The van der Waals surface area contributed by atoms with Crippen molar-refractivity contribution in [3.8, 4) is 0 Å². The van der Waals surface area contributed by atoms with Crippen LogP contribution in [0.3, 0.4) is 0 Å². The van der Waals surface area contributed by atoms with E-state index in [1.165, 1.54) is 6.07 Å². The zero-order valence-corrected chi connectivity index (χ0v) is 13.7. The first-order chi connectivity index (χ1) is 11.2. The van der Waals surface area contributed by atoms with Gasteiger partial charge in [0.2, 0.25) is 0 Å². The lowest BCUT2D eigenvalue weighted by atomic mass is 10.1. The normalized spacial score (nSPS) is 18.3. The smallest absolute Gasteiger partial charge is 0.334 e. The summed E-state index contributed by atoms with van der Waals surface area (Å²) in [4.78, 5) is 15.8. The zero-order chi connectivity index (χ0) is 17.9. The third kappa shape index (κ3) is 4.59. The van der Waals surface area contributed by atoms with Crippen LogP contribution in [0.1, 0.15) is 17.5 Å². The standard InChI is InChI=1S/C16H21F4N3O/c1-22(2)9-11-6-7-23(10-11)15(24)21-8-12-4-3-5-13(14(12)17)16(18,19)20/h3-5,11H,6-10H2,1-2H3,(H,21,24). The van der Waals surface area contributed by atoms with E-state index in [2.05, 4.69) is 5.32 Å². The molecule has 0 radical (unpaired) electrons. The van der Waals surface area contributed by atoms with Crippen molar-refractivity contribution in [2.45, 2.75) is 19.1 Å². The number of nitrogens with one attached hydrogen (secondary N) is 1. The highest BCUT2D eigenvalue weighted by atomic mass is 19.4. The van der Waals surface area contributed by atoms with E-state index in [-0.39, 0.29) is 18.1 Å². The monoisotopic (exact) mass is 347 g/mol. The summed E-state index contributed by atoms with van der Waals surface area (Å²) < 4.78 is 52.0. The summed E-state index contributed by atoms with van der Waals surface area (Å²) in [6, 6.07) is 2.68. The Morgan fingerprint density at radius 3 is 2.71 bits per heavy atom. The topological polar surface area (TPSA) is 35.6 Å². The highest BCUT2D eigenvalue weighted by molar-refractivity contribution is 5.74. The molecule has 0 aromatic heterocycles. The van der Waals surface area contributed by atoms with E-state index in [0.29, 0.717) is 25.1 Å². The van der Waals surface area contributed by atoms with E-state index in [4.69, 9.17) is 0 Å². The van der Waals surface area contributed by atoms with E-state index in [1.807, 2.05) is 19.0 Å². The Morgan fingerprint density at radius 1 is 1.38 bits per heavy atom. The van der Waals surface area contributed by atoms with Crippen molar-refractivity contribution < 1.29 is 22.4 Å². The molecule has 1 aliphatic rings. The summed E-state index contributed by atoms with van der Waals surface area (Å²) in [7, 11) is 3.91. The van der Waals surface area contributed by atoms with Crippen molar-refractivity contribution >= 4 is 6.03 Å². The number of likely N-dealkylation sites (tertiary alicyclic amines) is 1. The summed E-state index contributed by atoms with van der Waals surface area (Å²) in [6.07, 6.45) is -3.87. The van der Waals surface area contributed by atoms with Crippen molar-refractivity contribution in [2.24, 2.45) is 5.92 Å². The number of alkyl halides is 3. The van der Waals surface area contributed by atoms with Gasteiger partial charge in [-0.1, -0.05) is 12.1 Å². The number of carbonyl (C=O) groups excluding carboxylic acids is 1. The van der Waals surface area contributed by atoms with Crippen LogP contribution in [0, 0.1) is 11.7 Å². The maximum Gasteiger partial charge on any atom is 0.419 e. The van der Waals surface area contributed by atoms with Gasteiger partial charge in [0.05, 0.1) is 5.56 Å². The van der Waals surface area contributed by atoms with Crippen LogP contribution in [0.4, 0.5) is 22.4 Å². The number of hydrogen-bond acceptors (Lipinski definition) is 2. The molecule has 0 spiro atoms. The molecule has 0 saturated carbocycles. The summed E-state index contributed by atoms with van der Waals surface area (Å²) in [5.74, 6) is -0.965. The molecule has 24 heavy (non-hydrogen) atoms. The quantitative estimate of drug-likeness (QED) is 0.850. The fourth-order valence-electron chi connectivity index (χ4n) is 2.90. The number of nitrogens with zero attached hydrogens (tertiary/aromatic N) is 2. The molecule has 1 aromatic carbocycles. The molecule has 1 fully saturated rings. The number of benzene rings is 1. The third-order valence-corrected chi connectivity index (χ3v) is 4.01. The van der Waals surface area contributed by atoms with Crippen LogP contribution >= 0.6 is 0 Å². The predicted molar refractivity (Wildman–Crippen MR) is 81.9 cm³/mol. The summed E-state index contributed by atoms with van der Waals surface area (Å²) in [6.45, 7) is 1.78. The highest BCUT2D eigenvalue weighted by Crippen LogP contribution is 2.32. The van der Waals surface area contributed by atoms with Gasteiger partial charge in [-0.15, -0.1) is 0 Å². The Kier molecular flexibility index (Phi) is 5.69. The number of amides is 2. The van der Waals surface area contributed by atoms with Gasteiger partial charge in [0.25, 0.3) is 0 Å². The molecule has 2 rings (SSSR count). The minimum atomic E-state index is -4.75. The Bertz CT molecular complexity index is 589. The minimum Gasteiger partial charge on any atom is -0.334 e. The molecule has 8 heteroatoms. The molecule has 2 amide bonds. The molecular formula is C16H21F4N3O. The highest BCUT2D eigenvalue weighted by Gasteiger charge is 2.35. The number of hydrogen-bond donors (Lipinski definition) is 1. The van der Waals surface area contributed by atoms with E-state index in [0.717, 1.165) is 19.0 Å². The van der Waals surface area contributed by atoms with Crippen molar-refractivity contribution in [3.63, 3.8) is 0 Å². The number of carbonyl (C=O) groups is 1. The van der Waals surface area contributed by atoms with E-state index in [9.17, 15) is 22.4 Å². The first-order valence-corrected chi connectivity index (χ1v) is 7.70. The van der Waals surface area contributed by atoms with Crippen LogP contribution in [0.2, 0.25) is 0 Å². The van der Waals surface area contributed by atoms with Gasteiger partial charge in [0, 0.05) is 31.7 Å². The average Bonchev–Trinajstić information content (AvgIpc) is 2.92. The second-order valence-corrected chi connectivity index (χ2v) is 6.30. The van der Waals surface area contributed by atoms with Crippen LogP contribution in [-0.4, -0.2) is 49.6 Å². The van der Waals surface area contributed by atoms with Gasteiger partial charge in [-0.25, -0.2) is 9.18 Å². The second-order valence-electron chi connectivity index (χ2n) is 6.30. The van der Waals surface area contributed by atoms with Gasteiger partial charge < -0.3 is 15.1 Å². The molecule has 1 aromatic rings. The molecule has 134 valence electrons. The summed E-state index contributed by atoms with van der Waals surface area (Å²) >= 11 is 0. The van der Waals surface area contributed by atoms with Crippen LogP contribution in [0.25, 0.3) is 0 Å². The Morgan fingerprint density at radius 2 is 2.08 bits per heavy atom. The molecule has 1 heterocycles. The summed E-state index contributed by atoms with van der Waals surface area (Å²) in [5.41, 5.74) is -1.50. The maximum atomic E-state index is 13.9. The van der Waals surface area contributed by atoms with Crippen LogP contribution < -0.4 is 5.32 Å². The Hall–Kier alpha value is -1.83. The average molecular weight is 347 g/mol. The van der Waals surface area contributed by atoms with Crippen LogP contribution in [-0.2, 0) is 12.7 Å². The SMILES string of the molecule is CN(C)CC1CCN(C(=O)NCc2cccc(C(F)(F)F)c2F)C1. The maximum absolute atomic E-state index is 13.9. The molecule has 0 bridgehead atoms. The van der Waals surface area contributed by atoms with Crippen molar-refractivity contribution in [2.75, 3.05) is 33.7 Å². The molecular weight excluding hydrogens is 326 g/mol. The fourth-order valence-corrected chi connectivity index (χ4v) is 2.90. The van der Waals surface area contributed by atoms with Gasteiger partial charge in [-0.3, -0.25) is 0 Å². The van der Waals surface area contributed by atoms with Crippen LogP contribution in [0.5, 0.6) is 0 Å². The van der Waals surface area contributed by atoms with Crippen molar-refractivity contribution in [1.82, 2.24) is 15.1 Å². The van der Waals surface area contributed by atoms with E-state index in [1.54, 1.807) is 4.90 Å². The van der Waals surface area contributed by atoms with Gasteiger partial charge in [-0.05, 0) is 32.5 Å². The fraction of sp³-hybridized carbons (Fsp3) is 0.562. The largest absolute Gasteiger partial charge is 0.419 e. The van der Waals surface area contributed by atoms with Gasteiger partial charge in [0.15, 0.2) is 0 Å². The summed E-state index contributed by atoms with van der Waals surface area (Å²) in [5, 5.41) is 2.50. The molecule has 1 N–H and O–H groups in total. The second kappa shape index (κ2) is 7.38. The van der Waals surface area contributed by atoms with Gasteiger partial charge in [0.1, 0.15) is 5.82 Å². The Balaban J connectivity index is 1.93. The van der Waals surface area contributed by atoms with Gasteiger partial charge >= 0.3 is 12.2 Å². The predicted octanol–water partition coefficient (Wildman–Crippen LogP) is 2.94. The van der Waals surface area contributed by atoms with E-state index >= 15 is 0 Å². The van der Waals surface area contributed by atoms with Crippen LogP contribution in [0.15, 0.2) is 18.2 Å². The number of halogens is 4. The lowest BCUT2D eigenvalue weighted by Gasteiger charge is -2.19. The zero-order valence-electron chi connectivity index (χ0n) is 13.7. The first kappa shape index (κ1) is 18.5. The minimum absolute atomic E-state index is 0.179. The third-order valence-electron chi connectivity index (χ3n) is 4.01. The molecule has 0 aliphatic carbocycles. The van der Waals surface area contributed by atoms with Gasteiger partial charge in [-0.2, -0.15) is 13.2 Å². The first-order valence-electron chi connectivity index (χ1n) is 7.70.